The van der Waals surface area contributed by atoms with Crippen LogP contribution < -0.4 is 4.74 Å². The van der Waals surface area contributed by atoms with Gasteiger partial charge in [-0.05, 0) is 44.5 Å². The van der Waals surface area contributed by atoms with Crippen molar-refractivity contribution in [3.63, 3.8) is 0 Å². The van der Waals surface area contributed by atoms with E-state index in [0.717, 1.165) is 37.1 Å². The summed E-state index contributed by atoms with van der Waals surface area (Å²) in [6, 6.07) is 15.5. The number of pyridine rings is 1. The van der Waals surface area contributed by atoms with Crippen molar-refractivity contribution >= 4 is 0 Å². The summed E-state index contributed by atoms with van der Waals surface area (Å²) in [5, 5.41) is 0. The van der Waals surface area contributed by atoms with Crippen LogP contribution >= 0.6 is 0 Å². The average molecular weight is 337 g/mol. The molecule has 1 aromatic heterocycles. The molecule has 4 nitrogen and oxygen atoms in total. The molecule has 25 heavy (non-hydrogen) atoms. The maximum Gasteiger partial charge on any atom is 0.124 e. The molecule has 0 saturated carbocycles. The lowest BCUT2D eigenvalue weighted by Crippen LogP contribution is -2.59. The molecule has 0 bridgehead atoms. The number of aromatic nitrogens is 1. The molecule has 0 spiro atoms. The quantitative estimate of drug-likeness (QED) is 0.838. The summed E-state index contributed by atoms with van der Waals surface area (Å²) >= 11 is 0. The van der Waals surface area contributed by atoms with Crippen molar-refractivity contribution in [1.82, 2.24) is 14.8 Å². The third-order valence-electron chi connectivity index (χ3n) is 5.37. The molecule has 0 radical (unpaired) electrons. The lowest BCUT2D eigenvalue weighted by Gasteiger charge is -2.46. The summed E-state index contributed by atoms with van der Waals surface area (Å²) in [4.78, 5) is 9.40. The predicted octanol–water partition coefficient (Wildman–Crippen LogP) is 3.12. The van der Waals surface area contributed by atoms with Crippen molar-refractivity contribution in [1.29, 1.82) is 0 Å². The number of rotatable bonds is 5. The van der Waals surface area contributed by atoms with E-state index in [1.807, 2.05) is 25.3 Å². The van der Waals surface area contributed by atoms with Gasteiger partial charge in [-0.1, -0.05) is 30.3 Å². The first-order chi connectivity index (χ1) is 12.3. The van der Waals surface area contributed by atoms with Gasteiger partial charge in [-0.25, -0.2) is 0 Å². The van der Waals surface area contributed by atoms with Crippen LogP contribution in [0.2, 0.25) is 0 Å². The normalized spacial score (nSPS) is 20.4. The molecule has 2 fully saturated rings. The van der Waals surface area contributed by atoms with E-state index in [1.165, 1.54) is 31.5 Å². The Morgan fingerprint density at radius 1 is 1.08 bits per heavy atom. The predicted molar refractivity (Wildman–Crippen MR) is 99.7 cm³/mol. The van der Waals surface area contributed by atoms with Crippen molar-refractivity contribution < 1.29 is 4.74 Å². The molecule has 132 valence electrons. The lowest BCUT2D eigenvalue weighted by atomic mass is 9.98. The molecule has 4 rings (SSSR count). The molecule has 4 heteroatoms. The second-order valence-corrected chi connectivity index (χ2v) is 7.32. The minimum Gasteiger partial charge on any atom is -0.488 e. The summed E-state index contributed by atoms with van der Waals surface area (Å²) in [6.07, 6.45) is 4.70. The highest BCUT2D eigenvalue weighted by Crippen LogP contribution is 2.25. The average Bonchev–Trinajstić information content (AvgIpc) is 2.60. The Kier molecular flexibility index (Phi) is 4.99. The molecule has 0 amide bonds. The number of hydrogen-bond donors (Lipinski definition) is 0. The molecular formula is C21H27N3O. The summed E-state index contributed by atoms with van der Waals surface area (Å²) in [5.74, 6) is 0.954. The zero-order valence-electron chi connectivity index (χ0n) is 15.0. The van der Waals surface area contributed by atoms with Crippen molar-refractivity contribution in [2.45, 2.75) is 38.5 Å². The van der Waals surface area contributed by atoms with Crippen molar-refractivity contribution in [2.75, 3.05) is 26.2 Å². The number of likely N-dealkylation sites (tertiary alicyclic amines) is 2. The number of aryl methyl sites for hydroxylation is 1. The second kappa shape index (κ2) is 7.54. The molecule has 3 heterocycles. The summed E-state index contributed by atoms with van der Waals surface area (Å²) in [6.45, 7) is 7.61. The Labute approximate surface area is 150 Å². The van der Waals surface area contributed by atoms with Gasteiger partial charge in [0.15, 0.2) is 0 Å². The van der Waals surface area contributed by atoms with Gasteiger partial charge in [0.2, 0.25) is 0 Å². The van der Waals surface area contributed by atoms with Gasteiger partial charge < -0.3 is 4.74 Å². The van der Waals surface area contributed by atoms with E-state index in [2.05, 4.69) is 45.1 Å². The van der Waals surface area contributed by atoms with Gasteiger partial charge in [0, 0.05) is 43.6 Å². The fourth-order valence-corrected chi connectivity index (χ4v) is 3.91. The Morgan fingerprint density at radius 2 is 1.84 bits per heavy atom. The summed E-state index contributed by atoms with van der Waals surface area (Å²) < 4.78 is 6.06. The van der Waals surface area contributed by atoms with Crippen LogP contribution in [0.5, 0.6) is 5.75 Å². The fraction of sp³-hybridized carbons (Fsp3) is 0.476. The fourth-order valence-electron chi connectivity index (χ4n) is 3.91. The topological polar surface area (TPSA) is 28.6 Å². The molecular weight excluding hydrogens is 310 g/mol. The van der Waals surface area contributed by atoms with Crippen LogP contribution in [-0.4, -0.2) is 53.1 Å². The molecule has 0 atom stereocenters. The number of piperidine rings is 1. The molecule has 2 aromatic rings. The van der Waals surface area contributed by atoms with E-state index >= 15 is 0 Å². The van der Waals surface area contributed by atoms with Crippen LogP contribution in [0, 0.1) is 6.92 Å². The maximum atomic E-state index is 6.06. The first kappa shape index (κ1) is 16.6. The molecule has 0 unspecified atom stereocenters. The lowest BCUT2D eigenvalue weighted by molar-refractivity contribution is -0.0272. The highest BCUT2D eigenvalue weighted by atomic mass is 16.5. The van der Waals surface area contributed by atoms with E-state index in [0.29, 0.717) is 6.10 Å². The Hall–Kier alpha value is -1.91. The summed E-state index contributed by atoms with van der Waals surface area (Å²) in [7, 11) is 0. The Morgan fingerprint density at radius 3 is 2.56 bits per heavy atom. The van der Waals surface area contributed by atoms with Gasteiger partial charge in [-0.2, -0.15) is 0 Å². The van der Waals surface area contributed by atoms with Gasteiger partial charge >= 0.3 is 0 Å². The Bertz CT molecular complexity index is 677. The van der Waals surface area contributed by atoms with E-state index in [4.69, 9.17) is 4.74 Å². The van der Waals surface area contributed by atoms with E-state index in [1.54, 1.807) is 0 Å². The van der Waals surface area contributed by atoms with Gasteiger partial charge in [0.05, 0.1) is 0 Å². The first-order valence-electron chi connectivity index (χ1n) is 9.36. The van der Waals surface area contributed by atoms with Gasteiger partial charge in [-0.15, -0.1) is 0 Å². The molecule has 0 N–H and O–H groups in total. The van der Waals surface area contributed by atoms with Crippen LogP contribution in [0.1, 0.15) is 24.1 Å². The zero-order chi connectivity index (χ0) is 17.1. The molecule has 1 aromatic carbocycles. The smallest absolute Gasteiger partial charge is 0.124 e. The van der Waals surface area contributed by atoms with E-state index in [-0.39, 0.29) is 0 Å². The number of hydrogen-bond acceptors (Lipinski definition) is 4. The minimum atomic E-state index is 0.337. The molecule has 2 aliphatic rings. The number of ether oxygens (including phenoxy) is 1. The minimum absolute atomic E-state index is 0.337. The third-order valence-corrected chi connectivity index (χ3v) is 5.37. The zero-order valence-corrected chi connectivity index (χ0v) is 15.0. The third kappa shape index (κ3) is 4.20. The summed E-state index contributed by atoms with van der Waals surface area (Å²) in [5.41, 5.74) is 2.44. The second-order valence-electron chi connectivity index (χ2n) is 7.32. The molecule has 2 saturated heterocycles. The van der Waals surface area contributed by atoms with E-state index < -0.39 is 0 Å². The number of nitrogens with zero attached hydrogens (tertiary/aromatic N) is 3. The van der Waals surface area contributed by atoms with Crippen molar-refractivity contribution in [3.05, 3.63) is 59.9 Å². The standard InChI is InChI=1S/C21H27N3O/c1-17-13-20(7-10-22-17)25-21-15-24(16-21)19-8-11-23(12-9-19)14-18-5-3-2-4-6-18/h2-7,10,13,19,21H,8-9,11-12,14-16H2,1H3. The monoisotopic (exact) mass is 337 g/mol. The van der Waals surface area contributed by atoms with Gasteiger partial charge in [-0.3, -0.25) is 14.8 Å². The molecule has 0 aliphatic carbocycles. The van der Waals surface area contributed by atoms with E-state index in [9.17, 15) is 0 Å². The molecule has 2 aliphatic heterocycles. The highest BCUT2D eigenvalue weighted by Gasteiger charge is 2.35. The van der Waals surface area contributed by atoms with Crippen LogP contribution in [0.4, 0.5) is 0 Å². The van der Waals surface area contributed by atoms with Crippen molar-refractivity contribution in [3.8, 4) is 5.75 Å². The van der Waals surface area contributed by atoms with Crippen LogP contribution in [0.3, 0.4) is 0 Å². The van der Waals surface area contributed by atoms with Crippen molar-refractivity contribution in [2.24, 2.45) is 0 Å². The first-order valence-corrected chi connectivity index (χ1v) is 9.36. The maximum absolute atomic E-state index is 6.06. The SMILES string of the molecule is Cc1cc(OC2CN(C3CCN(Cc4ccccc4)CC3)C2)ccn1. The van der Waals surface area contributed by atoms with Crippen LogP contribution in [-0.2, 0) is 6.54 Å². The largest absolute Gasteiger partial charge is 0.488 e. The van der Waals surface area contributed by atoms with Gasteiger partial charge in [0.1, 0.15) is 11.9 Å². The Balaban J connectivity index is 1.20. The van der Waals surface area contributed by atoms with Crippen LogP contribution in [0.25, 0.3) is 0 Å². The van der Waals surface area contributed by atoms with Crippen LogP contribution in [0.15, 0.2) is 48.7 Å². The highest BCUT2D eigenvalue weighted by molar-refractivity contribution is 5.22. The number of benzene rings is 1. The van der Waals surface area contributed by atoms with Gasteiger partial charge in [0.25, 0.3) is 0 Å².